The number of hydrogen-bond donors (Lipinski definition) is 1. The van der Waals surface area contributed by atoms with Crippen LogP contribution in [0.3, 0.4) is 0 Å². The average molecular weight is 330 g/mol. The maximum absolute atomic E-state index is 15.5. The van der Waals surface area contributed by atoms with Crippen molar-refractivity contribution in [3.8, 4) is 11.8 Å². The van der Waals surface area contributed by atoms with Crippen LogP contribution in [-0.2, 0) is 14.3 Å². The van der Waals surface area contributed by atoms with E-state index in [1.165, 1.54) is 20.3 Å². The first-order valence-corrected chi connectivity index (χ1v) is 7.33. The van der Waals surface area contributed by atoms with Crippen LogP contribution in [0.4, 0.5) is 4.39 Å². The molecule has 1 aromatic rings. The monoisotopic (exact) mass is 330 g/mol. The molecule has 2 rings (SSSR count). The Kier molecular flexibility index (Phi) is 4.79. The predicted octanol–water partition coefficient (Wildman–Crippen LogP) is 2.07. The largest absolute Gasteiger partial charge is 0.481 e. The van der Waals surface area contributed by atoms with Crippen LogP contribution < -0.4 is 9.47 Å². The molecule has 0 amide bonds. The molecule has 1 heterocycles. The number of carbonyl (C=O) groups is 1. The summed E-state index contributed by atoms with van der Waals surface area (Å²) in [6, 6.07) is 1.47. The first kappa shape index (κ1) is 16.8. The number of rotatable bonds is 4. The molecule has 2 atom stereocenters. The Bertz CT molecular complexity index is 552. The molecule has 0 N–H and O–H groups in total. The first-order valence-electron chi connectivity index (χ1n) is 6.88. The van der Waals surface area contributed by atoms with Crippen LogP contribution in [0.15, 0.2) is 6.07 Å². The molecule has 8 heteroatoms. The zero-order valence-electron chi connectivity index (χ0n) is 12.8. The van der Waals surface area contributed by atoms with Gasteiger partial charge >= 0.3 is 5.97 Å². The van der Waals surface area contributed by atoms with Gasteiger partial charge in [-0.1, -0.05) is 6.42 Å². The number of methoxy groups -OCH3 is 3. The van der Waals surface area contributed by atoms with Crippen molar-refractivity contribution in [3.63, 3.8) is 0 Å². The fourth-order valence-corrected chi connectivity index (χ4v) is 3.14. The van der Waals surface area contributed by atoms with E-state index in [0.29, 0.717) is 19.3 Å². The summed E-state index contributed by atoms with van der Waals surface area (Å²) in [6.07, 6.45) is 1.58. The summed E-state index contributed by atoms with van der Waals surface area (Å²) >= 11 is 4.47. The Hall–Kier alpha value is -1.57. The predicted molar refractivity (Wildman–Crippen MR) is 80.1 cm³/mol. The summed E-state index contributed by atoms with van der Waals surface area (Å²) in [5.74, 6) is -0.478. The number of alkyl halides is 1. The van der Waals surface area contributed by atoms with Gasteiger partial charge in [0.1, 0.15) is 4.75 Å². The van der Waals surface area contributed by atoms with Crippen molar-refractivity contribution in [1.29, 1.82) is 0 Å². The highest BCUT2D eigenvalue weighted by molar-refractivity contribution is 7.81. The fraction of sp³-hybridized carbons (Fsp3) is 0.643. The van der Waals surface area contributed by atoms with Crippen molar-refractivity contribution in [1.82, 2.24) is 9.97 Å². The van der Waals surface area contributed by atoms with E-state index < -0.39 is 16.4 Å². The van der Waals surface area contributed by atoms with E-state index in [2.05, 4.69) is 27.3 Å². The summed E-state index contributed by atoms with van der Waals surface area (Å²) in [5, 5.41) is 0. The maximum Gasteiger partial charge on any atom is 0.345 e. The lowest BCUT2D eigenvalue weighted by atomic mass is 9.75. The second-order valence-electron chi connectivity index (χ2n) is 5.14. The first-order chi connectivity index (χ1) is 10.4. The molecule has 1 aliphatic rings. The second-order valence-corrected chi connectivity index (χ2v) is 5.90. The van der Waals surface area contributed by atoms with E-state index >= 15 is 4.39 Å². The molecular weight excluding hydrogens is 311 g/mol. The quantitative estimate of drug-likeness (QED) is 0.673. The maximum atomic E-state index is 15.5. The standard InChI is InChI=1S/C14H19FN2O4S/c1-19-9-8-10(20-2)17-11(16-9)14(22)7-5-4-6-13(14,15)12(18)21-3/h8,22H,4-7H2,1-3H3. The van der Waals surface area contributed by atoms with Gasteiger partial charge in [-0.15, -0.1) is 0 Å². The molecule has 0 saturated heterocycles. The van der Waals surface area contributed by atoms with Gasteiger partial charge in [0.05, 0.1) is 27.4 Å². The molecule has 1 saturated carbocycles. The van der Waals surface area contributed by atoms with Gasteiger partial charge in [0.25, 0.3) is 0 Å². The van der Waals surface area contributed by atoms with Crippen molar-refractivity contribution in [2.24, 2.45) is 0 Å². The fourth-order valence-electron chi connectivity index (χ4n) is 2.67. The molecule has 1 aromatic heterocycles. The van der Waals surface area contributed by atoms with E-state index in [1.807, 2.05) is 0 Å². The lowest BCUT2D eigenvalue weighted by Gasteiger charge is -2.42. The molecule has 2 unspecified atom stereocenters. The summed E-state index contributed by atoms with van der Waals surface area (Å²) in [5.41, 5.74) is -2.31. The highest BCUT2D eigenvalue weighted by Gasteiger charge is 2.60. The molecule has 0 aliphatic heterocycles. The molecule has 1 aliphatic carbocycles. The van der Waals surface area contributed by atoms with Crippen LogP contribution in [-0.4, -0.2) is 42.9 Å². The SMILES string of the molecule is COC(=O)C1(F)CCCCC1(S)c1nc(OC)cc(OC)n1. The zero-order valence-corrected chi connectivity index (χ0v) is 13.7. The number of ether oxygens (including phenoxy) is 3. The lowest BCUT2D eigenvalue weighted by Crippen LogP contribution is -2.54. The minimum Gasteiger partial charge on any atom is -0.481 e. The van der Waals surface area contributed by atoms with Crippen LogP contribution in [0.5, 0.6) is 11.8 Å². The van der Waals surface area contributed by atoms with Gasteiger partial charge in [-0.3, -0.25) is 0 Å². The van der Waals surface area contributed by atoms with Crippen molar-refractivity contribution >= 4 is 18.6 Å². The second kappa shape index (κ2) is 6.28. The number of aromatic nitrogens is 2. The Morgan fingerprint density at radius 2 is 1.73 bits per heavy atom. The summed E-state index contributed by atoms with van der Waals surface area (Å²) < 4.78 is 28.8. The Morgan fingerprint density at radius 3 is 2.23 bits per heavy atom. The van der Waals surface area contributed by atoms with Gasteiger partial charge in [0.15, 0.2) is 5.82 Å². The molecule has 0 spiro atoms. The number of nitrogens with zero attached hydrogens (tertiary/aromatic N) is 2. The molecule has 6 nitrogen and oxygen atoms in total. The van der Waals surface area contributed by atoms with Gasteiger partial charge in [-0.25, -0.2) is 9.18 Å². The van der Waals surface area contributed by atoms with Crippen molar-refractivity contribution in [2.75, 3.05) is 21.3 Å². The molecule has 0 radical (unpaired) electrons. The third-order valence-electron chi connectivity index (χ3n) is 3.94. The highest BCUT2D eigenvalue weighted by Crippen LogP contribution is 2.51. The Morgan fingerprint density at radius 1 is 1.18 bits per heavy atom. The molecule has 22 heavy (non-hydrogen) atoms. The minimum absolute atomic E-state index is 0.00601. The smallest absolute Gasteiger partial charge is 0.345 e. The number of thiol groups is 1. The zero-order chi connectivity index (χ0) is 16.4. The molecule has 1 fully saturated rings. The van der Waals surface area contributed by atoms with Gasteiger partial charge in [-0.05, 0) is 19.3 Å². The Labute approximate surface area is 133 Å². The Balaban J connectivity index is 2.57. The minimum atomic E-state index is -2.31. The van der Waals surface area contributed by atoms with Gasteiger partial charge in [-0.2, -0.15) is 22.6 Å². The number of esters is 1. The number of hydrogen-bond acceptors (Lipinski definition) is 7. The third kappa shape index (κ3) is 2.60. The molecular formula is C14H19FN2O4S. The van der Waals surface area contributed by atoms with E-state index in [4.69, 9.17) is 9.47 Å². The van der Waals surface area contributed by atoms with Crippen LogP contribution in [0.2, 0.25) is 0 Å². The normalized spacial score (nSPS) is 28.0. The van der Waals surface area contributed by atoms with Gasteiger partial charge in [0.2, 0.25) is 17.4 Å². The van der Waals surface area contributed by atoms with Gasteiger partial charge < -0.3 is 14.2 Å². The lowest BCUT2D eigenvalue weighted by molar-refractivity contribution is -0.160. The topological polar surface area (TPSA) is 70.5 Å². The van der Waals surface area contributed by atoms with E-state index in [0.717, 1.165) is 7.11 Å². The third-order valence-corrected chi connectivity index (χ3v) is 4.72. The van der Waals surface area contributed by atoms with Crippen LogP contribution in [0.1, 0.15) is 31.5 Å². The average Bonchev–Trinajstić information content (AvgIpc) is 2.56. The number of carbonyl (C=O) groups excluding carboxylic acids is 1. The van der Waals surface area contributed by atoms with Crippen molar-refractivity contribution < 1.29 is 23.4 Å². The highest BCUT2D eigenvalue weighted by atomic mass is 32.1. The summed E-state index contributed by atoms with van der Waals surface area (Å²) in [4.78, 5) is 20.4. The summed E-state index contributed by atoms with van der Waals surface area (Å²) in [7, 11) is 4.01. The van der Waals surface area contributed by atoms with E-state index in [9.17, 15) is 4.79 Å². The molecule has 0 aromatic carbocycles. The van der Waals surface area contributed by atoms with Crippen LogP contribution in [0, 0.1) is 0 Å². The van der Waals surface area contributed by atoms with Gasteiger partial charge in [0, 0.05) is 0 Å². The van der Waals surface area contributed by atoms with Crippen molar-refractivity contribution in [2.45, 2.75) is 36.1 Å². The van der Waals surface area contributed by atoms with E-state index in [-0.39, 0.29) is 24.0 Å². The molecule has 0 bridgehead atoms. The molecule has 122 valence electrons. The summed E-state index contributed by atoms with van der Waals surface area (Å²) in [6.45, 7) is 0. The van der Waals surface area contributed by atoms with Crippen LogP contribution >= 0.6 is 12.6 Å². The van der Waals surface area contributed by atoms with Crippen LogP contribution in [0.25, 0.3) is 0 Å². The van der Waals surface area contributed by atoms with E-state index in [1.54, 1.807) is 0 Å². The van der Waals surface area contributed by atoms with Crippen molar-refractivity contribution in [3.05, 3.63) is 11.9 Å². The number of halogens is 1.